The van der Waals surface area contributed by atoms with Gasteiger partial charge in [-0.05, 0) is 64.2 Å². The van der Waals surface area contributed by atoms with E-state index < -0.39 is 0 Å². The van der Waals surface area contributed by atoms with Crippen molar-refractivity contribution in [2.24, 2.45) is 10.2 Å². The van der Waals surface area contributed by atoms with Crippen molar-refractivity contribution in [3.05, 3.63) is 46.6 Å². The number of allylic oxidation sites excluding steroid dienone is 4. The summed E-state index contributed by atoms with van der Waals surface area (Å²) in [6, 6.07) is 5.19. The quantitative estimate of drug-likeness (QED) is 0.284. The zero-order valence-corrected chi connectivity index (χ0v) is 18.2. The van der Waals surface area contributed by atoms with Crippen LogP contribution in [0.1, 0.15) is 52.0 Å². The molecule has 1 aromatic carbocycles. The Morgan fingerprint density at radius 1 is 1.23 bits per heavy atom. The Labute approximate surface area is 182 Å². The molecule has 0 bridgehead atoms. The molecule has 7 heteroatoms. The van der Waals surface area contributed by atoms with Crippen molar-refractivity contribution in [1.29, 1.82) is 0 Å². The molecule has 31 heavy (non-hydrogen) atoms. The van der Waals surface area contributed by atoms with Crippen molar-refractivity contribution in [3.63, 3.8) is 0 Å². The van der Waals surface area contributed by atoms with Crippen molar-refractivity contribution in [1.82, 2.24) is 5.01 Å². The molecule has 162 valence electrons. The second-order valence-corrected chi connectivity index (χ2v) is 7.65. The number of benzene rings is 1. The number of carbonyl (C=O) groups is 1. The number of amides is 1. The smallest absolute Gasteiger partial charge is 0.296 e. The minimum absolute atomic E-state index is 0.0186. The monoisotopic (exact) mass is 420 g/mol. The Bertz CT molecular complexity index is 1050. The first-order chi connectivity index (χ1) is 14.9. The third kappa shape index (κ3) is 5.22. The van der Waals surface area contributed by atoms with Gasteiger partial charge >= 0.3 is 0 Å². The lowest BCUT2D eigenvalue weighted by Gasteiger charge is -2.12. The topological polar surface area (TPSA) is 97.5 Å². The molecule has 1 aromatic rings. The summed E-state index contributed by atoms with van der Waals surface area (Å²) >= 11 is 0. The van der Waals surface area contributed by atoms with E-state index in [0.29, 0.717) is 36.3 Å². The Balaban J connectivity index is 1.76. The molecule has 1 amide bonds. The van der Waals surface area contributed by atoms with Gasteiger partial charge in [0.25, 0.3) is 5.91 Å². The maximum absolute atomic E-state index is 12.5. The van der Waals surface area contributed by atoms with Gasteiger partial charge in [0.1, 0.15) is 0 Å². The summed E-state index contributed by atoms with van der Waals surface area (Å²) in [7, 11) is 0. The molecular weight excluding hydrogens is 392 g/mol. The standard InChI is InChI=1S/C24H28N4O3/c1-16-8-6-9-17(2)20(16)13-12-19-10-7-11-21(23(19)30)25-26-22-18(3)27-28(24(22)31)14-4-5-15-29/h7-8,10-11,25,29-30H,4-6,9,14-15H2,1-3H3/b26-22-. The lowest BCUT2D eigenvalue weighted by Crippen LogP contribution is -2.29. The fraction of sp³-hybridized carbons (Fsp3) is 0.375. The van der Waals surface area contributed by atoms with Crippen LogP contribution in [0.2, 0.25) is 0 Å². The average Bonchev–Trinajstić information content (AvgIpc) is 3.01. The Morgan fingerprint density at radius 3 is 2.77 bits per heavy atom. The molecule has 1 aliphatic heterocycles. The normalized spacial score (nSPS) is 17.5. The number of phenolic OH excluding ortho intramolecular Hbond substituents is 1. The van der Waals surface area contributed by atoms with Crippen LogP contribution in [0.4, 0.5) is 5.69 Å². The van der Waals surface area contributed by atoms with Gasteiger partial charge in [-0.15, -0.1) is 0 Å². The fourth-order valence-corrected chi connectivity index (χ4v) is 3.46. The Morgan fingerprint density at radius 2 is 2.03 bits per heavy atom. The number of aliphatic hydroxyl groups excluding tert-OH is 1. The third-order valence-electron chi connectivity index (χ3n) is 5.27. The summed E-state index contributed by atoms with van der Waals surface area (Å²) in [4.78, 5) is 12.5. The second kappa shape index (κ2) is 10.1. The summed E-state index contributed by atoms with van der Waals surface area (Å²) in [5.74, 6) is 5.92. The van der Waals surface area contributed by atoms with Crippen LogP contribution >= 0.6 is 0 Å². The number of aromatic hydroxyl groups is 1. The van der Waals surface area contributed by atoms with Crippen molar-refractivity contribution < 1.29 is 15.0 Å². The van der Waals surface area contributed by atoms with Crippen molar-refractivity contribution in [2.45, 2.75) is 46.5 Å². The van der Waals surface area contributed by atoms with Gasteiger partial charge in [0.2, 0.25) is 0 Å². The number of phenols is 1. The maximum Gasteiger partial charge on any atom is 0.296 e. The van der Waals surface area contributed by atoms with E-state index in [-0.39, 0.29) is 24.0 Å². The van der Waals surface area contributed by atoms with Gasteiger partial charge in [0.05, 0.1) is 17.0 Å². The van der Waals surface area contributed by atoms with Crippen LogP contribution < -0.4 is 5.43 Å². The summed E-state index contributed by atoms with van der Waals surface area (Å²) in [5.41, 5.74) is 7.76. The van der Waals surface area contributed by atoms with Gasteiger partial charge in [-0.1, -0.05) is 29.6 Å². The molecule has 3 N–H and O–H groups in total. The zero-order chi connectivity index (χ0) is 22.4. The number of anilines is 1. The van der Waals surface area contributed by atoms with E-state index >= 15 is 0 Å². The molecule has 1 heterocycles. The highest BCUT2D eigenvalue weighted by Gasteiger charge is 2.29. The molecule has 0 unspecified atom stereocenters. The van der Waals surface area contributed by atoms with Gasteiger partial charge in [-0.25, -0.2) is 5.01 Å². The molecule has 7 nitrogen and oxygen atoms in total. The number of hydrogen-bond donors (Lipinski definition) is 3. The highest BCUT2D eigenvalue weighted by molar-refractivity contribution is 6.68. The van der Waals surface area contributed by atoms with E-state index in [9.17, 15) is 9.90 Å². The summed E-state index contributed by atoms with van der Waals surface area (Å²) in [6.07, 6.45) is 5.48. The predicted octanol–water partition coefficient (Wildman–Crippen LogP) is 3.56. The minimum Gasteiger partial charge on any atom is -0.504 e. The Hall–Kier alpha value is -3.37. The van der Waals surface area contributed by atoms with E-state index in [4.69, 9.17) is 5.11 Å². The summed E-state index contributed by atoms with van der Waals surface area (Å²) in [5, 5.41) is 29.3. The SMILES string of the molecule is CC1=CCCC(C)=C1C#Cc1cccc(N/N=C2\C(=O)N(CCCCO)N=C2C)c1O. The van der Waals surface area contributed by atoms with E-state index in [2.05, 4.69) is 47.4 Å². The first-order valence-electron chi connectivity index (χ1n) is 10.4. The lowest BCUT2D eigenvalue weighted by atomic mass is 9.93. The number of nitrogens with one attached hydrogen (secondary N) is 1. The number of nitrogens with zero attached hydrogens (tertiary/aromatic N) is 3. The van der Waals surface area contributed by atoms with E-state index in [1.807, 2.05) is 0 Å². The van der Waals surface area contributed by atoms with E-state index in [1.54, 1.807) is 25.1 Å². The van der Waals surface area contributed by atoms with Gasteiger partial charge in [-0.3, -0.25) is 10.2 Å². The first-order valence-corrected chi connectivity index (χ1v) is 10.4. The molecule has 0 atom stereocenters. The molecule has 0 saturated heterocycles. The van der Waals surface area contributed by atoms with Gasteiger partial charge in [-0.2, -0.15) is 10.2 Å². The largest absolute Gasteiger partial charge is 0.504 e. The van der Waals surface area contributed by atoms with Crippen LogP contribution in [0.25, 0.3) is 0 Å². The van der Waals surface area contributed by atoms with Crippen LogP contribution in [0.3, 0.4) is 0 Å². The number of carbonyl (C=O) groups excluding carboxylic acids is 1. The van der Waals surface area contributed by atoms with Crippen LogP contribution in [-0.4, -0.2) is 45.7 Å². The summed E-state index contributed by atoms with van der Waals surface area (Å²) in [6.45, 7) is 6.36. The third-order valence-corrected chi connectivity index (χ3v) is 5.27. The molecule has 0 radical (unpaired) electrons. The predicted molar refractivity (Wildman–Crippen MR) is 123 cm³/mol. The number of aliphatic hydroxyl groups is 1. The molecular formula is C24H28N4O3. The van der Waals surface area contributed by atoms with Gasteiger partial charge in [0, 0.05) is 18.7 Å². The number of hydrogen-bond acceptors (Lipinski definition) is 6. The van der Waals surface area contributed by atoms with Crippen molar-refractivity contribution in [3.8, 4) is 17.6 Å². The van der Waals surface area contributed by atoms with E-state index in [0.717, 1.165) is 24.0 Å². The summed E-state index contributed by atoms with van der Waals surface area (Å²) < 4.78 is 0. The van der Waals surface area contributed by atoms with Crippen LogP contribution in [0.15, 0.2) is 51.2 Å². The minimum atomic E-state index is -0.305. The molecule has 0 aromatic heterocycles. The highest BCUT2D eigenvalue weighted by Crippen LogP contribution is 2.28. The Kier molecular flexibility index (Phi) is 7.27. The fourth-order valence-electron chi connectivity index (χ4n) is 3.46. The van der Waals surface area contributed by atoms with Crippen LogP contribution in [0.5, 0.6) is 5.75 Å². The highest BCUT2D eigenvalue weighted by atomic mass is 16.3. The maximum atomic E-state index is 12.5. The lowest BCUT2D eigenvalue weighted by molar-refractivity contribution is -0.123. The van der Waals surface area contributed by atoms with Crippen LogP contribution in [0, 0.1) is 11.8 Å². The number of para-hydroxylation sites is 1. The van der Waals surface area contributed by atoms with Crippen molar-refractivity contribution in [2.75, 3.05) is 18.6 Å². The van der Waals surface area contributed by atoms with Crippen LogP contribution in [-0.2, 0) is 4.79 Å². The van der Waals surface area contributed by atoms with Gasteiger partial charge in [0.15, 0.2) is 11.5 Å². The number of rotatable bonds is 6. The van der Waals surface area contributed by atoms with Gasteiger partial charge < -0.3 is 10.2 Å². The molecule has 1 aliphatic carbocycles. The molecule has 3 rings (SSSR count). The molecule has 2 aliphatic rings. The zero-order valence-electron chi connectivity index (χ0n) is 18.2. The molecule has 0 spiro atoms. The average molecular weight is 421 g/mol. The van der Waals surface area contributed by atoms with Crippen molar-refractivity contribution >= 4 is 23.0 Å². The second-order valence-electron chi connectivity index (χ2n) is 7.65. The molecule has 0 fully saturated rings. The first kappa shape index (κ1) is 22.3. The van der Waals surface area contributed by atoms with E-state index in [1.165, 1.54) is 10.6 Å². The molecule has 0 saturated carbocycles. The number of hydrazone groups is 2. The number of unbranched alkanes of at least 4 members (excludes halogenated alkanes) is 1.